The molecule has 0 spiro atoms. The van der Waals surface area contributed by atoms with Crippen LogP contribution in [0.2, 0.25) is 0 Å². The predicted octanol–water partition coefficient (Wildman–Crippen LogP) is 3.17. The van der Waals surface area contributed by atoms with Crippen molar-refractivity contribution < 1.29 is 9.53 Å². The lowest BCUT2D eigenvalue weighted by Crippen LogP contribution is -2.22. The summed E-state index contributed by atoms with van der Waals surface area (Å²) < 4.78 is 5.21. The molecule has 0 aromatic heterocycles. The zero-order valence-corrected chi connectivity index (χ0v) is 12.5. The number of benzene rings is 2. The second-order valence-corrected chi connectivity index (χ2v) is 5.21. The van der Waals surface area contributed by atoms with Crippen molar-refractivity contribution in [3.05, 3.63) is 65.2 Å². The van der Waals surface area contributed by atoms with Crippen LogP contribution in [0, 0.1) is 0 Å². The summed E-state index contributed by atoms with van der Waals surface area (Å²) in [6.07, 6.45) is 3.00. The largest absolute Gasteiger partial charge is 0.496 e. The lowest BCUT2D eigenvalue weighted by atomic mass is 9.90. The van der Waals surface area contributed by atoms with E-state index in [1.165, 1.54) is 5.56 Å². The molecule has 0 aliphatic heterocycles. The molecule has 0 atom stereocenters. The summed E-state index contributed by atoms with van der Waals surface area (Å²) in [7, 11) is 1.55. The Morgan fingerprint density at radius 1 is 1.09 bits per heavy atom. The molecular weight excluding hydrogens is 276 g/mol. The van der Waals surface area contributed by atoms with Gasteiger partial charge < -0.3 is 4.74 Å². The van der Waals surface area contributed by atoms with Crippen molar-refractivity contribution in [2.75, 3.05) is 7.11 Å². The van der Waals surface area contributed by atoms with Crippen LogP contribution in [0.4, 0.5) is 0 Å². The number of carbonyl (C=O) groups excluding carboxylic acids is 1. The number of hydrogen-bond donors (Lipinski definition) is 1. The third kappa shape index (κ3) is 2.86. The van der Waals surface area contributed by atoms with Gasteiger partial charge in [-0.15, -0.1) is 0 Å². The summed E-state index contributed by atoms with van der Waals surface area (Å²) >= 11 is 0. The van der Waals surface area contributed by atoms with Crippen LogP contribution in [-0.4, -0.2) is 18.7 Å². The van der Waals surface area contributed by atoms with Gasteiger partial charge in [-0.05, 0) is 37.0 Å². The van der Waals surface area contributed by atoms with Gasteiger partial charge in [0.05, 0.1) is 18.4 Å². The zero-order chi connectivity index (χ0) is 15.4. The van der Waals surface area contributed by atoms with Gasteiger partial charge in [0.15, 0.2) is 0 Å². The van der Waals surface area contributed by atoms with Crippen LogP contribution in [0.3, 0.4) is 0 Å². The molecule has 0 bridgehead atoms. The Morgan fingerprint density at radius 2 is 1.86 bits per heavy atom. The Bertz CT molecular complexity index is 723. The van der Waals surface area contributed by atoms with Crippen molar-refractivity contribution in [2.45, 2.75) is 19.3 Å². The van der Waals surface area contributed by atoms with E-state index in [0.717, 1.165) is 30.5 Å². The number of methoxy groups -OCH3 is 1. The topological polar surface area (TPSA) is 50.7 Å². The molecule has 0 radical (unpaired) electrons. The third-order valence-corrected chi connectivity index (χ3v) is 3.83. The van der Waals surface area contributed by atoms with E-state index in [9.17, 15) is 4.79 Å². The molecule has 3 rings (SSSR count). The normalized spacial score (nSPS) is 15.2. The Balaban J connectivity index is 1.81. The van der Waals surface area contributed by atoms with Gasteiger partial charge in [-0.1, -0.05) is 36.4 Å². The van der Waals surface area contributed by atoms with Gasteiger partial charge in [0.1, 0.15) is 5.75 Å². The van der Waals surface area contributed by atoms with E-state index in [1.807, 2.05) is 18.2 Å². The Labute approximate surface area is 129 Å². The minimum absolute atomic E-state index is 0.256. The first-order chi connectivity index (χ1) is 10.8. The highest BCUT2D eigenvalue weighted by molar-refractivity contribution is 6.04. The van der Waals surface area contributed by atoms with Gasteiger partial charge in [0.25, 0.3) is 5.91 Å². The molecule has 2 aromatic rings. The number of nitrogens with one attached hydrogen (secondary N) is 1. The van der Waals surface area contributed by atoms with E-state index < -0.39 is 0 Å². The van der Waals surface area contributed by atoms with Crippen molar-refractivity contribution in [2.24, 2.45) is 5.10 Å². The van der Waals surface area contributed by atoms with Crippen molar-refractivity contribution in [1.29, 1.82) is 0 Å². The number of para-hydroxylation sites is 1. The van der Waals surface area contributed by atoms with E-state index in [1.54, 1.807) is 25.3 Å². The fourth-order valence-electron chi connectivity index (χ4n) is 2.73. The van der Waals surface area contributed by atoms with E-state index in [-0.39, 0.29) is 5.91 Å². The number of hydrazone groups is 1. The molecule has 4 heteroatoms. The number of rotatable bonds is 3. The molecule has 1 aliphatic carbocycles. The van der Waals surface area contributed by atoms with Crippen LogP contribution in [0.1, 0.15) is 34.3 Å². The van der Waals surface area contributed by atoms with Gasteiger partial charge in [-0.2, -0.15) is 5.10 Å². The minimum Gasteiger partial charge on any atom is -0.496 e. The van der Waals surface area contributed by atoms with Crippen molar-refractivity contribution in [3.63, 3.8) is 0 Å². The average Bonchev–Trinajstić information content (AvgIpc) is 2.59. The molecule has 1 N–H and O–H groups in total. The van der Waals surface area contributed by atoms with Crippen molar-refractivity contribution in [3.8, 4) is 5.75 Å². The van der Waals surface area contributed by atoms with Gasteiger partial charge >= 0.3 is 0 Å². The lowest BCUT2D eigenvalue weighted by Gasteiger charge is -2.17. The van der Waals surface area contributed by atoms with Crippen LogP contribution >= 0.6 is 0 Å². The van der Waals surface area contributed by atoms with Gasteiger partial charge in [-0.3, -0.25) is 4.79 Å². The Kier molecular flexibility index (Phi) is 4.19. The van der Waals surface area contributed by atoms with E-state index in [0.29, 0.717) is 11.3 Å². The van der Waals surface area contributed by atoms with Gasteiger partial charge in [0.2, 0.25) is 0 Å². The fourth-order valence-corrected chi connectivity index (χ4v) is 2.73. The standard InChI is InChI=1S/C18H18N2O2/c1-22-17-12-5-4-10-15(17)18(21)20-19-16-11-6-8-13-7-2-3-9-14(13)16/h2-5,7,9-10,12H,6,8,11H2,1H3,(H,20,21)/b19-16-. The highest BCUT2D eigenvalue weighted by Crippen LogP contribution is 2.21. The Hall–Kier alpha value is -2.62. The summed E-state index contributed by atoms with van der Waals surface area (Å²) in [6.45, 7) is 0. The summed E-state index contributed by atoms with van der Waals surface area (Å²) in [4.78, 5) is 12.3. The average molecular weight is 294 g/mol. The monoisotopic (exact) mass is 294 g/mol. The first kappa shape index (κ1) is 14.3. The summed E-state index contributed by atoms with van der Waals surface area (Å²) in [5.74, 6) is 0.289. The predicted molar refractivity (Wildman–Crippen MR) is 86.4 cm³/mol. The molecule has 1 aliphatic rings. The maximum absolute atomic E-state index is 12.3. The molecule has 2 aromatic carbocycles. The second kappa shape index (κ2) is 6.43. The quantitative estimate of drug-likeness (QED) is 0.884. The van der Waals surface area contributed by atoms with Crippen LogP contribution in [0.25, 0.3) is 0 Å². The van der Waals surface area contributed by atoms with Crippen LogP contribution < -0.4 is 10.2 Å². The number of hydrogen-bond acceptors (Lipinski definition) is 3. The number of ether oxygens (including phenoxy) is 1. The highest BCUT2D eigenvalue weighted by atomic mass is 16.5. The smallest absolute Gasteiger partial charge is 0.275 e. The summed E-state index contributed by atoms with van der Waals surface area (Å²) in [5.41, 5.74) is 6.50. The number of aryl methyl sites for hydroxylation is 1. The SMILES string of the molecule is COc1ccccc1C(=O)N/N=C1/CCCc2ccccc21. The summed E-state index contributed by atoms with van der Waals surface area (Å²) in [5, 5.41) is 4.34. The highest BCUT2D eigenvalue weighted by Gasteiger charge is 2.16. The fraction of sp³-hybridized carbons (Fsp3) is 0.222. The first-order valence-electron chi connectivity index (χ1n) is 7.38. The molecular formula is C18H18N2O2. The molecule has 0 unspecified atom stereocenters. The number of nitrogens with zero attached hydrogens (tertiary/aromatic N) is 1. The van der Waals surface area contributed by atoms with Crippen LogP contribution in [-0.2, 0) is 6.42 Å². The van der Waals surface area contributed by atoms with E-state index in [4.69, 9.17) is 4.74 Å². The van der Waals surface area contributed by atoms with Crippen molar-refractivity contribution >= 4 is 11.6 Å². The maximum Gasteiger partial charge on any atom is 0.275 e. The number of fused-ring (bicyclic) bond motifs is 1. The number of carbonyl (C=O) groups is 1. The van der Waals surface area contributed by atoms with Gasteiger partial charge in [-0.25, -0.2) is 5.43 Å². The second-order valence-electron chi connectivity index (χ2n) is 5.21. The van der Waals surface area contributed by atoms with Crippen LogP contribution in [0.5, 0.6) is 5.75 Å². The molecule has 4 nitrogen and oxygen atoms in total. The molecule has 1 amide bonds. The molecule has 0 heterocycles. The van der Waals surface area contributed by atoms with Crippen LogP contribution in [0.15, 0.2) is 53.6 Å². The maximum atomic E-state index is 12.3. The van der Waals surface area contributed by atoms with E-state index >= 15 is 0 Å². The molecule has 112 valence electrons. The van der Waals surface area contributed by atoms with Gasteiger partial charge in [0, 0.05) is 5.56 Å². The Morgan fingerprint density at radius 3 is 2.73 bits per heavy atom. The first-order valence-corrected chi connectivity index (χ1v) is 7.38. The minimum atomic E-state index is -0.256. The molecule has 22 heavy (non-hydrogen) atoms. The third-order valence-electron chi connectivity index (χ3n) is 3.83. The number of amides is 1. The zero-order valence-electron chi connectivity index (χ0n) is 12.5. The molecule has 0 saturated heterocycles. The van der Waals surface area contributed by atoms with Crippen molar-refractivity contribution in [1.82, 2.24) is 5.43 Å². The summed E-state index contributed by atoms with van der Waals surface area (Å²) in [6, 6.07) is 15.3. The molecule has 0 saturated carbocycles. The van der Waals surface area contributed by atoms with E-state index in [2.05, 4.69) is 22.7 Å². The lowest BCUT2D eigenvalue weighted by molar-refractivity contribution is 0.0951. The molecule has 0 fully saturated rings.